The number of aromatic nitrogens is 3. The summed E-state index contributed by atoms with van der Waals surface area (Å²) in [5.41, 5.74) is 3.08. The molecule has 2 heterocycles. The van der Waals surface area contributed by atoms with E-state index in [1.165, 1.54) is 0 Å². The SMILES string of the molecule is COc1ccc(C(NC(=O)c2nc(-n3nc(C)cc3C)ccc2Cl)C2CC2)cc1. The van der Waals surface area contributed by atoms with E-state index in [0.717, 1.165) is 35.5 Å². The van der Waals surface area contributed by atoms with Crippen molar-refractivity contribution >= 4 is 17.5 Å². The first-order valence-corrected chi connectivity index (χ1v) is 9.99. The molecule has 0 bridgehead atoms. The number of halogens is 1. The van der Waals surface area contributed by atoms with E-state index >= 15 is 0 Å². The molecule has 1 N–H and O–H groups in total. The first kappa shape index (κ1) is 19.5. The summed E-state index contributed by atoms with van der Waals surface area (Å²) in [4.78, 5) is 17.6. The molecule has 0 saturated heterocycles. The molecule has 2 aromatic heterocycles. The Kier molecular flexibility index (Phi) is 5.28. The molecule has 1 fully saturated rings. The molecule has 4 rings (SSSR count). The molecule has 0 radical (unpaired) electrons. The predicted molar refractivity (Wildman–Crippen MR) is 112 cm³/mol. The van der Waals surface area contributed by atoms with Crippen LogP contribution in [0.2, 0.25) is 5.02 Å². The lowest BCUT2D eigenvalue weighted by molar-refractivity contribution is 0.0926. The molecule has 0 spiro atoms. The molecule has 29 heavy (non-hydrogen) atoms. The van der Waals surface area contributed by atoms with Crippen LogP contribution < -0.4 is 10.1 Å². The largest absolute Gasteiger partial charge is 0.497 e. The molecular formula is C22H23ClN4O2. The number of carbonyl (C=O) groups is 1. The van der Waals surface area contributed by atoms with Crippen molar-refractivity contribution in [2.45, 2.75) is 32.7 Å². The Labute approximate surface area is 174 Å². The van der Waals surface area contributed by atoms with Gasteiger partial charge in [-0.25, -0.2) is 9.67 Å². The third-order valence-corrected chi connectivity index (χ3v) is 5.43. The van der Waals surface area contributed by atoms with Gasteiger partial charge in [0.05, 0.1) is 23.9 Å². The van der Waals surface area contributed by atoms with Gasteiger partial charge in [0.2, 0.25) is 0 Å². The molecule has 1 aliphatic rings. The molecule has 1 saturated carbocycles. The van der Waals surface area contributed by atoms with Crippen molar-refractivity contribution in [3.63, 3.8) is 0 Å². The molecule has 0 aliphatic heterocycles. The number of carbonyl (C=O) groups excluding carboxylic acids is 1. The number of hydrogen-bond donors (Lipinski definition) is 1. The zero-order chi connectivity index (χ0) is 20.5. The van der Waals surface area contributed by atoms with Crippen molar-refractivity contribution in [3.05, 3.63) is 70.1 Å². The van der Waals surface area contributed by atoms with Crippen molar-refractivity contribution in [3.8, 4) is 11.6 Å². The van der Waals surface area contributed by atoms with Crippen LogP contribution in [0.3, 0.4) is 0 Å². The van der Waals surface area contributed by atoms with Gasteiger partial charge >= 0.3 is 0 Å². The van der Waals surface area contributed by atoms with Crippen LogP contribution >= 0.6 is 11.6 Å². The number of amides is 1. The van der Waals surface area contributed by atoms with Gasteiger partial charge in [-0.3, -0.25) is 4.79 Å². The number of rotatable bonds is 6. The molecule has 7 heteroatoms. The maximum atomic E-state index is 13.1. The van der Waals surface area contributed by atoms with Crippen molar-refractivity contribution in [2.24, 2.45) is 5.92 Å². The number of hydrogen-bond acceptors (Lipinski definition) is 4. The van der Waals surface area contributed by atoms with Crippen molar-refractivity contribution in [2.75, 3.05) is 7.11 Å². The van der Waals surface area contributed by atoms with Crippen molar-refractivity contribution in [1.29, 1.82) is 0 Å². The van der Waals surface area contributed by atoms with Gasteiger partial charge < -0.3 is 10.1 Å². The van der Waals surface area contributed by atoms with Crippen LogP contribution in [0.1, 0.15) is 46.3 Å². The Balaban J connectivity index is 1.61. The van der Waals surface area contributed by atoms with Gasteiger partial charge in [-0.05, 0) is 68.5 Å². The van der Waals surface area contributed by atoms with E-state index in [9.17, 15) is 4.79 Å². The number of ether oxygens (including phenoxy) is 1. The summed E-state index contributed by atoms with van der Waals surface area (Å²) in [6, 6.07) is 13.1. The second-order valence-corrected chi connectivity index (χ2v) is 7.81. The third kappa shape index (κ3) is 4.12. The van der Waals surface area contributed by atoms with Gasteiger partial charge in [0.1, 0.15) is 11.4 Å². The standard InChI is InChI=1S/C22H23ClN4O2/c1-13-12-14(2)27(26-13)19-11-10-18(23)21(24-19)22(28)25-20(15-4-5-15)16-6-8-17(29-3)9-7-16/h6-12,15,20H,4-5H2,1-3H3,(H,25,28). The molecule has 6 nitrogen and oxygen atoms in total. The summed E-state index contributed by atoms with van der Waals surface area (Å²) in [6.07, 6.45) is 2.17. The lowest BCUT2D eigenvalue weighted by atomic mass is 10.0. The Hall–Kier alpha value is -2.86. The fraction of sp³-hybridized carbons (Fsp3) is 0.318. The van der Waals surface area contributed by atoms with Gasteiger partial charge in [-0.1, -0.05) is 23.7 Å². The first-order valence-electron chi connectivity index (χ1n) is 9.61. The normalized spacial score (nSPS) is 14.5. The number of nitrogens with zero attached hydrogens (tertiary/aromatic N) is 3. The van der Waals surface area contributed by atoms with E-state index < -0.39 is 0 Å². The summed E-state index contributed by atoms with van der Waals surface area (Å²) < 4.78 is 6.95. The fourth-order valence-electron chi connectivity index (χ4n) is 3.49. The van der Waals surface area contributed by atoms with Gasteiger partial charge in [0.25, 0.3) is 5.91 Å². The maximum Gasteiger partial charge on any atom is 0.272 e. The fourth-order valence-corrected chi connectivity index (χ4v) is 3.68. The second kappa shape index (κ2) is 7.87. The molecular weight excluding hydrogens is 388 g/mol. The average Bonchev–Trinajstić information content (AvgIpc) is 3.50. The summed E-state index contributed by atoms with van der Waals surface area (Å²) in [5.74, 6) is 1.49. The van der Waals surface area contributed by atoms with Crippen LogP contribution in [0.4, 0.5) is 0 Å². The quantitative estimate of drug-likeness (QED) is 0.652. The summed E-state index contributed by atoms with van der Waals surface area (Å²) >= 11 is 6.32. The zero-order valence-corrected chi connectivity index (χ0v) is 17.4. The van der Waals surface area contributed by atoms with Crippen LogP contribution in [-0.2, 0) is 0 Å². The topological polar surface area (TPSA) is 69.0 Å². The highest BCUT2D eigenvalue weighted by Gasteiger charge is 2.34. The second-order valence-electron chi connectivity index (χ2n) is 7.40. The Morgan fingerprint density at radius 1 is 1.21 bits per heavy atom. The zero-order valence-electron chi connectivity index (χ0n) is 16.6. The molecule has 1 aliphatic carbocycles. The summed E-state index contributed by atoms with van der Waals surface area (Å²) in [5, 5.41) is 7.89. The van der Waals surface area contributed by atoms with E-state index in [2.05, 4.69) is 15.4 Å². The highest BCUT2D eigenvalue weighted by Crippen LogP contribution is 2.41. The number of aryl methyl sites for hydroxylation is 2. The van der Waals surface area contributed by atoms with Crippen LogP contribution in [-0.4, -0.2) is 27.8 Å². The highest BCUT2D eigenvalue weighted by molar-refractivity contribution is 6.33. The number of nitrogens with one attached hydrogen (secondary N) is 1. The smallest absolute Gasteiger partial charge is 0.272 e. The van der Waals surface area contributed by atoms with E-state index in [0.29, 0.717) is 16.8 Å². The summed E-state index contributed by atoms with van der Waals surface area (Å²) in [7, 11) is 1.64. The van der Waals surface area contributed by atoms with Crippen LogP contribution in [0.15, 0.2) is 42.5 Å². The minimum Gasteiger partial charge on any atom is -0.497 e. The third-order valence-electron chi connectivity index (χ3n) is 5.13. The highest BCUT2D eigenvalue weighted by atomic mass is 35.5. The predicted octanol–water partition coefficient (Wildman–Crippen LogP) is 4.43. The summed E-state index contributed by atoms with van der Waals surface area (Å²) in [6.45, 7) is 3.87. The lowest BCUT2D eigenvalue weighted by Crippen LogP contribution is -2.31. The van der Waals surface area contributed by atoms with Gasteiger partial charge in [0, 0.05) is 5.69 Å². The monoisotopic (exact) mass is 410 g/mol. The van der Waals surface area contributed by atoms with E-state index in [1.54, 1.807) is 23.9 Å². The van der Waals surface area contributed by atoms with Crippen LogP contribution in [0, 0.1) is 19.8 Å². The van der Waals surface area contributed by atoms with E-state index in [-0.39, 0.29) is 17.6 Å². The molecule has 1 aromatic carbocycles. The minimum absolute atomic E-state index is 0.0800. The van der Waals surface area contributed by atoms with Gasteiger partial charge in [-0.15, -0.1) is 0 Å². The van der Waals surface area contributed by atoms with Gasteiger partial charge in [-0.2, -0.15) is 5.10 Å². The van der Waals surface area contributed by atoms with Gasteiger partial charge in [0.15, 0.2) is 5.82 Å². The molecule has 1 unspecified atom stereocenters. The maximum absolute atomic E-state index is 13.1. The van der Waals surface area contributed by atoms with Crippen molar-refractivity contribution in [1.82, 2.24) is 20.1 Å². The van der Waals surface area contributed by atoms with Crippen molar-refractivity contribution < 1.29 is 9.53 Å². The first-order chi connectivity index (χ1) is 14.0. The Morgan fingerprint density at radius 3 is 2.52 bits per heavy atom. The minimum atomic E-state index is -0.286. The van der Waals surface area contributed by atoms with E-state index in [4.69, 9.17) is 16.3 Å². The Morgan fingerprint density at radius 2 is 1.93 bits per heavy atom. The van der Waals surface area contributed by atoms with E-state index in [1.807, 2.05) is 44.2 Å². The Bertz CT molecular complexity index is 1040. The lowest BCUT2D eigenvalue weighted by Gasteiger charge is -2.19. The molecule has 150 valence electrons. The molecule has 3 aromatic rings. The average molecular weight is 411 g/mol. The molecule has 1 atom stereocenters. The molecule has 1 amide bonds. The number of pyridine rings is 1. The van der Waals surface area contributed by atoms with Crippen LogP contribution in [0.5, 0.6) is 5.75 Å². The number of benzene rings is 1. The van der Waals surface area contributed by atoms with Crippen LogP contribution in [0.25, 0.3) is 5.82 Å². The number of methoxy groups -OCH3 is 1.